The van der Waals surface area contributed by atoms with Gasteiger partial charge in [0.15, 0.2) is 0 Å². The lowest BCUT2D eigenvalue weighted by Crippen LogP contribution is -2.15. The molecule has 1 aliphatic carbocycles. The van der Waals surface area contributed by atoms with Gasteiger partial charge in [-0.3, -0.25) is 4.79 Å². The molecule has 6 heteroatoms. The van der Waals surface area contributed by atoms with Gasteiger partial charge in [-0.05, 0) is 41.8 Å². The van der Waals surface area contributed by atoms with E-state index in [4.69, 9.17) is 5.26 Å². The number of carbonyl (C=O) groups is 1. The molecule has 1 fully saturated rings. The number of rotatable bonds is 3. The average Bonchev–Trinajstić information content (AvgIpc) is 3.25. The first-order chi connectivity index (χ1) is 10.6. The van der Waals surface area contributed by atoms with E-state index >= 15 is 0 Å². The van der Waals surface area contributed by atoms with Crippen molar-refractivity contribution in [3.05, 3.63) is 47.9 Å². The zero-order chi connectivity index (χ0) is 15.7. The number of nitrogens with zero attached hydrogens (tertiary/aromatic N) is 2. The maximum atomic E-state index is 13.3. The maximum Gasteiger partial charge on any atom is 0.231 e. The maximum absolute atomic E-state index is 13.3. The number of hydrogen-bond donors (Lipinski definition) is 1. The summed E-state index contributed by atoms with van der Waals surface area (Å²) in [6.45, 7) is 0. The van der Waals surface area contributed by atoms with Crippen LogP contribution in [0.15, 0.2) is 36.5 Å². The lowest BCUT2D eigenvalue weighted by atomic mass is 10.0. The number of anilines is 1. The minimum absolute atomic E-state index is 0.0573. The molecule has 1 heterocycles. The van der Waals surface area contributed by atoms with E-state index in [0.717, 1.165) is 0 Å². The molecule has 1 aromatic heterocycles. The van der Waals surface area contributed by atoms with E-state index in [1.54, 1.807) is 18.2 Å². The van der Waals surface area contributed by atoms with Gasteiger partial charge >= 0.3 is 0 Å². The Morgan fingerprint density at radius 2 is 2.05 bits per heavy atom. The number of nitriles is 1. The molecular formula is C16H11F2N3O. The van der Waals surface area contributed by atoms with Crippen molar-refractivity contribution in [2.75, 3.05) is 5.32 Å². The number of hydrogen-bond acceptors (Lipinski definition) is 3. The van der Waals surface area contributed by atoms with Crippen LogP contribution in [0, 0.1) is 23.1 Å². The van der Waals surface area contributed by atoms with Crippen LogP contribution < -0.4 is 5.32 Å². The van der Waals surface area contributed by atoms with Crippen LogP contribution in [-0.4, -0.2) is 17.1 Å². The molecule has 0 aliphatic heterocycles. The zero-order valence-electron chi connectivity index (χ0n) is 11.4. The Hall–Kier alpha value is -2.81. The Bertz CT molecular complexity index is 785. The van der Waals surface area contributed by atoms with Gasteiger partial charge in [0.2, 0.25) is 5.91 Å². The highest BCUT2D eigenvalue weighted by atomic mass is 19.1. The van der Waals surface area contributed by atoms with Gasteiger partial charge in [-0.25, -0.2) is 13.8 Å². The Balaban J connectivity index is 1.85. The van der Waals surface area contributed by atoms with E-state index in [2.05, 4.69) is 10.3 Å². The zero-order valence-corrected chi connectivity index (χ0v) is 11.4. The predicted octanol–water partition coefficient (Wildman–Crippen LogP) is 3.06. The van der Waals surface area contributed by atoms with Gasteiger partial charge in [0, 0.05) is 6.20 Å². The largest absolute Gasteiger partial charge is 0.310 e. The number of amides is 1. The van der Waals surface area contributed by atoms with Crippen molar-refractivity contribution >= 4 is 11.7 Å². The van der Waals surface area contributed by atoms with E-state index in [1.165, 1.54) is 24.4 Å². The molecule has 3 rings (SSSR count). The molecule has 1 saturated carbocycles. The number of benzene rings is 1. The van der Waals surface area contributed by atoms with Gasteiger partial charge in [-0.2, -0.15) is 5.26 Å². The van der Waals surface area contributed by atoms with E-state index in [-0.39, 0.29) is 12.0 Å². The van der Waals surface area contributed by atoms with Gasteiger partial charge < -0.3 is 5.32 Å². The van der Waals surface area contributed by atoms with Crippen LogP contribution in [-0.2, 0) is 4.79 Å². The quantitative estimate of drug-likeness (QED) is 0.947. The second-order valence-corrected chi connectivity index (χ2v) is 5.08. The minimum Gasteiger partial charge on any atom is -0.310 e. The first-order valence-electron chi connectivity index (χ1n) is 6.69. The molecular weight excluding hydrogens is 288 g/mol. The molecule has 0 spiro atoms. The van der Waals surface area contributed by atoms with Crippen LogP contribution in [0.3, 0.4) is 0 Å². The van der Waals surface area contributed by atoms with Crippen LogP contribution in [0.2, 0.25) is 0 Å². The van der Waals surface area contributed by atoms with Crippen molar-refractivity contribution in [2.24, 2.45) is 5.92 Å². The topological polar surface area (TPSA) is 65.8 Å². The summed E-state index contributed by atoms with van der Waals surface area (Å²) in [5.74, 6) is -1.28. The molecule has 110 valence electrons. The van der Waals surface area contributed by atoms with Crippen LogP contribution in [0.25, 0.3) is 11.1 Å². The number of alkyl halides is 1. The van der Waals surface area contributed by atoms with Gasteiger partial charge in [0.25, 0.3) is 0 Å². The van der Waals surface area contributed by atoms with Crippen molar-refractivity contribution in [1.82, 2.24) is 4.98 Å². The summed E-state index contributed by atoms with van der Waals surface area (Å²) < 4.78 is 26.2. The summed E-state index contributed by atoms with van der Waals surface area (Å²) in [7, 11) is 0. The fraction of sp³-hybridized carbons (Fsp3) is 0.188. The summed E-state index contributed by atoms with van der Waals surface area (Å²) in [4.78, 5) is 15.7. The second kappa shape index (κ2) is 5.53. The van der Waals surface area contributed by atoms with Crippen molar-refractivity contribution < 1.29 is 13.6 Å². The molecule has 0 radical (unpaired) electrons. The van der Waals surface area contributed by atoms with Gasteiger partial charge in [0.1, 0.15) is 23.9 Å². The summed E-state index contributed by atoms with van der Waals surface area (Å²) in [5.41, 5.74) is 1.25. The van der Waals surface area contributed by atoms with Gasteiger partial charge in [-0.1, -0.05) is 6.07 Å². The Kier molecular flexibility index (Phi) is 3.55. The number of nitrogens with one attached hydrogen (secondary N) is 1. The first kappa shape index (κ1) is 14.1. The SMILES string of the molecule is N#Cc1cc(-c2ccnc(NC(=O)[C@@H]3C[C@H]3F)c2)ccc1F. The van der Waals surface area contributed by atoms with Gasteiger partial charge in [0.05, 0.1) is 11.5 Å². The molecule has 0 unspecified atom stereocenters. The monoisotopic (exact) mass is 299 g/mol. The molecule has 0 saturated heterocycles. The Morgan fingerprint density at radius 3 is 2.73 bits per heavy atom. The molecule has 2 atom stereocenters. The third kappa shape index (κ3) is 2.79. The molecule has 1 N–H and O–H groups in total. The van der Waals surface area contributed by atoms with Crippen molar-refractivity contribution in [3.8, 4) is 17.2 Å². The van der Waals surface area contributed by atoms with Crippen LogP contribution in [0.1, 0.15) is 12.0 Å². The summed E-state index contributed by atoms with van der Waals surface area (Å²) in [5, 5.41) is 11.4. The number of carbonyl (C=O) groups excluding carboxylic acids is 1. The van der Waals surface area contributed by atoms with Crippen LogP contribution >= 0.6 is 0 Å². The Morgan fingerprint density at radius 1 is 1.32 bits per heavy atom. The van der Waals surface area contributed by atoms with E-state index in [0.29, 0.717) is 16.9 Å². The average molecular weight is 299 g/mol. The molecule has 1 amide bonds. The number of pyridine rings is 1. The second-order valence-electron chi connectivity index (χ2n) is 5.08. The third-order valence-electron chi connectivity index (χ3n) is 3.48. The number of halogens is 2. The highest BCUT2D eigenvalue weighted by molar-refractivity contribution is 5.94. The minimum atomic E-state index is -1.07. The summed E-state index contributed by atoms with van der Waals surface area (Å²) in [6.07, 6.45) is 0.660. The van der Waals surface area contributed by atoms with Crippen LogP contribution in [0.5, 0.6) is 0 Å². The molecule has 22 heavy (non-hydrogen) atoms. The van der Waals surface area contributed by atoms with Crippen molar-refractivity contribution in [1.29, 1.82) is 5.26 Å². The molecule has 1 aromatic carbocycles. The van der Waals surface area contributed by atoms with Gasteiger partial charge in [-0.15, -0.1) is 0 Å². The van der Waals surface area contributed by atoms with Crippen molar-refractivity contribution in [3.63, 3.8) is 0 Å². The predicted molar refractivity (Wildman–Crippen MR) is 76.0 cm³/mol. The molecule has 0 bridgehead atoms. The smallest absolute Gasteiger partial charge is 0.231 e. The van der Waals surface area contributed by atoms with E-state index in [9.17, 15) is 13.6 Å². The highest BCUT2D eigenvalue weighted by Crippen LogP contribution is 2.34. The Labute approximate surface area is 125 Å². The van der Waals surface area contributed by atoms with Crippen molar-refractivity contribution in [2.45, 2.75) is 12.6 Å². The number of aromatic nitrogens is 1. The first-order valence-corrected chi connectivity index (χ1v) is 6.69. The van der Waals surface area contributed by atoms with E-state index < -0.39 is 23.8 Å². The lowest BCUT2D eigenvalue weighted by Gasteiger charge is -2.07. The lowest BCUT2D eigenvalue weighted by molar-refractivity contribution is -0.117. The van der Waals surface area contributed by atoms with Crippen LogP contribution in [0.4, 0.5) is 14.6 Å². The fourth-order valence-electron chi connectivity index (χ4n) is 2.12. The molecule has 2 aromatic rings. The summed E-state index contributed by atoms with van der Waals surface area (Å²) >= 11 is 0. The van der Waals surface area contributed by atoms with E-state index in [1.807, 2.05) is 0 Å². The third-order valence-corrected chi connectivity index (χ3v) is 3.48. The molecule has 1 aliphatic rings. The standard InChI is InChI=1S/C16H11F2N3O/c17-13-2-1-9(5-11(13)8-19)10-3-4-20-15(6-10)21-16(22)12-7-14(12)18/h1-6,12,14H,7H2,(H,20,21,22)/t12-,14-/m1/s1. The normalized spacial score (nSPS) is 19.3. The fourth-order valence-corrected chi connectivity index (χ4v) is 2.12. The molecule has 4 nitrogen and oxygen atoms in total. The summed E-state index contributed by atoms with van der Waals surface area (Å²) in [6, 6.07) is 9.23. The highest BCUT2D eigenvalue weighted by Gasteiger charge is 2.43.